The topological polar surface area (TPSA) is 121 Å². The van der Waals surface area contributed by atoms with Crippen LogP contribution in [0.4, 0.5) is 0 Å². The molecule has 0 bridgehead atoms. The molecular weight excluding hydrogens is 588 g/mol. The molecule has 0 aliphatic heterocycles. The van der Waals surface area contributed by atoms with Crippen LogP contribution in [0.5, 0.6) is 0 Å². The fourth-order valence-corrected chi connectivity index (χ4v) is 4.84. The standard InChI is InChI=1S/C10H22O4S3.C5H11ClO2S.CH4.ClH.3Na.H2S/c11-1-3-15-5-9(13)7-17-8-10(14)6-16-4-2-12;6-3-5(8)4-9-2-1-7;;;;;;/h9-14H,1-8H2;5,7-8H,1-4H2;1H4;1H;;;;1H2/q;;;;3*+1;/p-2. The predicted octanol–water partition coefficient (Wildman–Crippen LogP) is -11.4. The second-order valence-electron chi connectivity index (χ2n) is 5.05. The Kier molecular flexibility index (Phi) is 87.6. The Morgan fingerprint density at radius 3 is 1.06 bits per heavy atom. The third-order valence-electron chi connectivity index (χ3n) is 2.44. The quantitative estimate of drug-likeness (QED) is 0.0304. The van der Waals surface area contributed by atoms with Gasteiger partial charge in [0, 0.05) is 51.9 Å². The van der Waals surface area contributed by atoms with E-state index in [9.17, 15) is 10.2 Å². The molecule has 0 saturated heterocycles. The van der Waals surface area contributed by atoms with Crippen molar-refractivity contribution in [1.82, 2.24) is 0 Å². The molecule has 6 nitrogen and oxygen atoms in total. The maximum Gasteiger partial charge on any atom is 1.00 e. The molecule has 0 aliphatic carbocycles. The van der Waals surface area contributed by atoms with Crippen molar-refractivity contribution in [3.05, 3.63) is 0 Å². The molecule has 0 spiro atoms. The summed E-state index contributed by atoms with van der Waals surface area (Å²) in [4.78, 5) is 0. The molecule has 0 aromatic carbocycles. The molecule has 16 heteroatoms. The van der Waals surface area contributed by atoms with Gasteiger partial charge in [-0.1, -0.05) is 7.43 Å². The number of rotatable bonds is 17. The third-order valence-corrected chi connectivity index (χ3v) is 7.31. The summed E-state index contributed by atoms with van der Waals surface area (Å²) in [6.07, 6.45) is -1.19. The molecule has 0 saturated carbocycles. The molecular formula is C16H38Cl2Na3O6S5+. The number of thioether (sulfide) groups is 4. The van der Waals surface area contributed by atoms with Crippen LogP contribution >= 0.6 is 58.6 Å². The SMILES string of the molecule is C.OCCSCC(O)CCl.OCCSCC(O)CSCC(O)CSCCO.[Cl-].[Na+].[Na+].[Na+].[SH-]. The van der Waals surface area contributed by atoms with Gasteiger partial charge in [-0.2, -0.15) is 47.0 Å². The molecule has 0 heterocycles. The summed E-state index contributed by atoms with van der Waals surface area (Å²) in [5.41, 5.74) is 0. The minimum absolute atomic E-state index is 0. The van der Waals surface area contributed by atoms with Crippen LogP contribution < -0.4 is 101 Å². The van der Waals surface area contributed by atoms with Crippen molar-refractivity contribution >= 4 is 72.1 Å². The van der Waals surface area contributed by atoms with E-state index >= 15 is 0 Å². The van der Waals surface area contributed by atoms with Crippen molar-refractivity contribution in [3.8, 4) is 0 Å². The summed E-state index contributed by atoms with van der Waals surface area (Å²) in [5.74, 6) is 5.35. The van der Waals surface area contributed by atoms with Crippen LogP contribution in [0.1, 0.15) is 7.43 Å². The minimum atomic E-state index is -0.428. The summed E-state index contributed by atoms with van der Waals surface area (Å²) in [5, 5.41) is 53.4. The number of alkyl halides is 1. The van der Waals surface area contributed by atoms with Gasteiger partial charge in [-0.3, -0.25) is 0 Å². The Morgan fingerprint density at radius 1 is 0.562 bits per heavy atom. The van der Waals surface area contributed by atoms with Gasteiger partial charge in [0.25, 0.3) is 0 Å². The van der Waals surface area contributed by atoms with E-state index < -0.39 is 6.10 Å². The van der Waals surface area contributed by atoms with E-state index in [2.05, 4.69) is 0 Å². The summed E-state index contributed by atoms with van der Waals surface area (Å²) in [7, 11) is 0. The van der Waals surface area contributed by atoms with Gasteiger partial charge in [-0.15, -0.1) is 11.6 Å². The molecule has 184 valence electrons. The Bertz CT molecular complexity index is 278. The second-order valence-corrected chi connectivity index (χ2v) is 9.88. The summed E-state index contributed by atoms with van der Waals surface area (Å²) in [6, 6.07) is 0. The van der Waals surface area contributed by atoms with Crippen LogP contribution in [0.25, 0.3) is 0 Å². The van der Waals surface area contributed by atoms with Gasteiger partial charge in [0.05, 0.1) is 38.1 Å². The van der Waals surface area contributed by atoms with Crippen LogP contribution in [0.15, 0.2) is 0 Å². The number of aliphatic hydroxyl groups is 6. The average molecular weight is 627 g/mol. The monoisotopic (exact) mass is 625 g/mol. The summed E-state index contributed by atoms with van der Waals surface area (Å²) in [6.45, 7) is 0.455. The number of hydrogen-bond acceptors (Lipinski definition) is 11. The molecule has 0 aromatic heterocycles. The molecule has 0 rings (SSSR count). The van der Waals surface area contributed by atoms with E-state index in [1.54, 1.807) is 0 Å². The van der Waals surface area contributed by atoms with E-state index in [1.165, 1.54) is 47.0 Å². The first-order chi connectivity index (χ1) is 12.5. The summed E-state index contributed by atoms with van der Waals surface area (Å²) < 4.78 is 0. The maximum absolute atomic E-state index is 9.56. The molecule has 0 amide bonds. The smallest absolute Gasteiger partial charge is 1.00 e. The van der Waals surface area contributed by atoms with Crippen molar-refractivity contribution in [2.75, 3.05) is 71.7 Å². The zero-order chi connectivity index (χ0) is 20.0. The molecule has 0 aromatic rings. The van der Waals surface area contributed by atoms with Crippen LogP contribution in [0.2, 0.25) is 0 Å². The molecule has 6 N–H and O–H groups in total. The van der Waals surface area contributed by atoms with Gasteiger partial charge < -0.3 is 56.5 Å². The largest absolute Gasteiger partial charge is 1.00 e. The van der Waals surface area contributed by atoms with E-state index in [4.69, 9.17) is 32.0 Å². The van der Waals surface area contributed by atoms with Crippen molar-refractivity contribution in [2.24, 2.45) is 0 Å². The zero-order valence-corrected chi connectivity index (χ0v) is 30.4. The molecule has 32 heavy (non-hydrogen) atoms. The molecule has 3 atom stereocenters. The minimum Gasteiger partial charge on any atom is -1.00 e. The molecule has 3 unspecified atom stereocenters. The Balaban J connectivity index is -0.0000000566. The fourth-order valence-electron chi connectivity index (χ4n) is 1.33. The average Bonchev–Trinajstić information content (AvgIpc) is 2.63. The summed E-state index contributed by atoms with van der Waals surface area (Å²) >= 11 is 11.4. The first-order valence-corrected chi connectivity index (χ1v) is 13.4. The number of thiol groups is 1. The molecule has 0 aliphatic rings. The van der Waals surface area contributed by atoms with Gasteiger partial charge in [0.15, 0.2) is 0 Å². The zero-order valence-electron chi connectivity index (χ0n) is 18.7. The van der Waals surface area contributed by atoms with Gasteiger partial charge in [-0.05, 0) is 0 Å². The van der Waals surface area contributed by atoms with Crippen LogP contribution in [0, 0.1) is 0 Å². The van der Waals surface area contributed by atoms with Gasteiger partial charge in [0.1, 0.15) is 0 Å². The van der Waals surface area contributed by atoms with Gasteiger partial charge in [0.2, 0.25) is 0 Å². The van der Waals surface area contributed by atoms with Crippen molar-refractivity contribution in [1.29, 1.82) is 0 Å². The number of aliphatic hydroxyl groups excluding tert-OH is 6. The molecule has 0 fully saturated rings. The van der Waals surface area contributed by atoms with E-state index in [0.29, 0.717) is 46.0 Å². The van der Waals surface area contributed by atoms with E-state index in [1.807, 2.05) is 0 Å². The normalized spacial score (nSPS) is 11.7. The molecule has 0 radical (unpaired) electrons. The van der Waals surface area contributed by atoms with Gasteiger partial charge >= 0.3 is 88.7 Å². The van der Waals surface area contributed by atoms with Crippen LogP contribution in [0.3, 0.4) is 0 Å². The number of halogens is 2. The second kappa shape index (κ2) is 49.1. The third kappa shape index (κ3) is 51.7. The van der Waals surface area contributed by atoms with E-state index in [0.717, 1.165) is 0 Å². The number of hydrogen-bond donors (Lipinski definition) is 6. The van der Waals surface area contributed by atoms with Crippen molar-refractivity contribution in [3.63, 3.8) is 0 Å². The first kappa shape index (κ1) is 57.1. The Hall–Kier alpha value is 5.09. The Labute approximate surface area is 296 Å². The predicted molar refractivity (Wildman–Crippen MR) is 135 cm³/mol. The fraction of sp³-hybridized carbons (Fsp3) is 1.00. The van der Waals surface area contributed by atoms with Crippen molar-refractivity contribution < 1.29 is 132 Å². The Morgan fingerprint density at radius 2 is 0.812 bits per heavy atom. The van der Waals surface area contributed by atoms with Crippen LogP contribution in [-0.2, 0) is 13.5 Å². The van der Waals surface area contributed by atoms with Crippen LogP contribution in [-0.4, -0.2) is 121 Å². The maximum atomic E-state index is 9.56. The van der Waals surface area contributed by atoms with E-state index in [-0.39, 0.29) is 160 Å². The van der Waals surface area contributed by atoms with Crippen molar-refractivity contribution in [2.45, 2.75) is 25.7 Å². The first-order valence-electron chi connectivity index (χ1n) is 8.25. The van der Waals surface area contributed by atoms with Gasteiger partial charge in [-0.25, -0.2) is 0 Å².